The standard InChI is InChI=1S/C24H29NO5/c1-16-12-20(21(26)15-29-24(27)18-8-4-3-5-9-18)17(2)25(16)13-19-14-28-22-10-6-7-11-23(22)30-19/h6-7,10-12,18-19H,3-5,8-9,13-15H2,1-2H3. The van der Waals surface area contributed by atoms with E-state index in [1.54, 1.807) is 0 Å². The van der Waals surface area contributed by atoms with Crippen LogP contribution in [0.25, 0.3) is 0 Å². The number of Topliss-reactive ketones (excluding diaryl/α,β-unsaturated/α-hetero) is 1. The topological polar surface area (TPSA) is 66.8 Å². The number of aromatic nitrogens is 1. The van der Waals surface area contributed by atoms with E-state index in [2.05, 4.69) is 4.57 Å². The Balaban J connectivity index is 1.38. The smallest absolute Gasteiger partial charge is 0.309 e. The van der Waals surface area contributed by atoms with Crippen molar-refractivity contribution in [2.45, 2.75) is 58.6 Å². The van der Waals surface area contributed by atoms with Crippen molar-refractivity contribution in [1.29, 1.82) is 0 Å². The van der Waals surface area contributed by atoms with Crippen LogP contribution in [0.2, 0.25) is 0 Å². The van der Waals surface area contributed by atoms with Gasteiger partial charge in [0.05, 0.1) is 12.5 Å². The van der Waals surface area contributed by atoms with Crippen LogP contribution in [0, 0.1) is 19.8 Å². The fourth-order valence-corrected chi connectivity index (χ4v) is 4.39. The Morgan fingerprint density at radius 3 is 2.60 bits per heavy atom. The van der Waals surface area contributed by atoms with Crippen molar-refractivity contribution in [2.75, 3.05) is 13.2 Å². The number of ketones is 1. The zero-order valence-corrected chi connectivity index (χ0v) is 17.7. The van der Waals surface area contributed by atoms with Crippen LogP contribution in [0.1, 0.15) is 53.8 Å². The summed E-state index contributed by atoms with van der Waals surface area (Å²) in [6.07, 6.45) is 4.90. The second-order valence-corrected chi connectivity index (χ2v) is 8.26. The van der Waals surface area contributed by atoms with E-state index in [0.29, 0.717) is 18.7 Å². The number of carbonyl (C=O) groups excluding carboxylic acids is 2. The lowest BCUT2D eigenvalue weighted by Gasteiger charge is -2.27. The normalized spacial score (nSPS) is 18.8. The molecular formula is C24H29NO5. The van der Waals surface area contributed by atoms with Crippen LogP contribution < -0.4 is 9.47 Å². The Labute approximate surface area is 177 Å². The summed E-state index contributed by atoms with van der Waals surface area (Å²) in [5.41, 5.74) is 2.42. The number of rotatable bonds is 6. The quantitative estimate of drug-likeness (QED) is 0.525. The molecule has 0 spiro atoms. The van der Waals surface area contributed by atoms with Gasteiger partial charge in [-0.2, -0.15) is 0 Å². The molecule has 160 valence electrons. The molecule has 1 saturated carbocycles. The van der Waals surface area contributed by atoms with Crippen LogP contribution in [0.4, 0.5) is 0 Å². The Bertz CT molecular complexity index is 926. The molecule has 1 unspecified atom stereocenters. The number of nitrogens with zero attached hydrogens (tertiary/aromatic N) is 1. The van der Waals surface area contributed by atoms with Gasteiger partial charge in [0.15, 0.2) is 24.2 Å². The molecule has 1 aliphatic carbocycles. The first kappa shape index (κ1) is 20.5. The first-order valence-electron chi connectivity index (χ1n) is 10.8. The zero-order chi connectivity index (χ0) is 21.1. The predicted molar refractivity (Wildman–Crippen MR) is 112 cm³/mol. The highest BCUT2D eigenvalue weighted by atomic mass is 16.6. The molecule has 6 heteroatoms. The van der Waals surface area contributed by atoms with Crippen molar-refractivity contribution >= 4 is 11.8 Å². The van der Waals surface area contributed by atoms with Crippen molar-refractivity contribution in [2.24, 2.45) is 5.92 Å². The average Bonchev–Trinajstić information content (AvgIpc) is 3.06. The predicted octanol–water partition coefficient (Wildman–Crippen LogP) is 4.25. The number of hydrogen-bond donors (Lipinski definition) is 0. The van der Waals surface area contributed by atoms with Gasteiger partial charge in [-0.25, -0.2) is 0 Å². The van der Waals surface area contributed by atoms with Gasteiger partial charge in [0, 0.05) is 17.0 Å². The third-order valence-corrected chi connectivity index (χ3v) is 6.11. The van der Waals surface area contributed by atoms with Gasteiger partial charge >= 0.3 is 5.97 Å². The molecule has 0 radical (unpaired) electrons. The lowest BCUT2D eigenvalue weighted by atomic mass is 9.89. The largest absolute Gasteiger partial charge is 0.486 e. The van der Waals surface area contributed by atoms with Crippen molar-refractivity contribution in [3.63, 3.8) is 0 Å². The SMILES string of the molecule is Cc1cc(C(=O)COC(=O)C2CCCCC2)c(C)n1CC1COc2ccccc2O1. The molecule has 1 atom stereocenters. The second-order valence-electron chi connectivity index (χ2n) is 8.26. The molecule has 1 fully saturated rings. The van der Waals surface area contributed by atoms with E-state index in [0.717, 1.165) is 48.6 Å². The Morgan fingerprint density at radius 1 is 1.10 bits per heavy atom. The molecule has 1 aromatic carbocycles. The molecule has 0 amide bonds. The summed E-state index contributed by atoms with van der Waals surface area (Å²) in [5.74, 6) is 1.05. The third-order valence-electron chi connectivity index (χ3n) is 6.11. The molecule has 4 rings (SSSR count). The van der Waals surface area contributed by atoms with E-state index in [4.69, 9.17) is 14.2 Å². The third kappa shape index (κ3) is 4.37. The van der Waals surface area contributed by atoms with E-state index in [-0.39, 0.29) is 30.4 Å². The number of aryl methyl sites for hydroxylation is 1. The van der Waals surface area contributed by atoms with Crippen LogP contribution in [-0.2, 0) is 16.1 Å². The Kier molecular flexibility index (Phi) is 6.11. The summed E-state index contributed by atoms with van der Waals surface area (Å²) in [5, 5.41) is 0. The first-order chi connectivity index (χ1) is 14.5. The molecule has 2 aliphatic rings. The van der Waals surface area contributed by atoms with Gasteiger partial charge < -0.3 is 18.8 Å². The van der Waals surface area contributed by atoms with Crippen LogP contribution in [-0.4, -0.2) is 35.6 Å². The van der Waals surface area contributed by atoms with Gasteiger partial charge in [-0.15, -0.1) is 0 Å². The fraction of sp³-hybridized carbons (Fsp3) is 0.500. The maximum absolute atomic E-state index is 12.7. The summed E-state index contributed by atoms with van der Waals surface area (Å²) >= 11 is 0. The summed E-state index contributed by atoms with van der Waals surface area (Å²) in [7, 11) is 0. The number of carbonyl (C=O) groups is 2. The molecule has 30 heavy (non-hydrogen) atoms. The second kappa shape index (κ2) is 8.94. The number of para-hydroxylation sites is 2. The van der Waals surface area contributed by atoms with Gasteiger partial charge in [-0.1, -0.05) is 31.4 Å². The number of benzene rings is 1. The maximum Gasteiger partial charge on any atom is 0.309 e. The van der Waals surface area contributed by atoms with Crippen LogP contribution >= 0.6 is 0 Å². The van der Waals surface area contributed by atoms with E-state index in [1.165, 1.54) is 6.42 Å². The highest BCUT2D eigenvalue weighted by Crippen LogP contribution is 2.31. The number of ether oxygens (including phenoxy) is 3. The van der Waals surface area contributed by atoms with Crippen LogP contribution in [0.5, 0.6) is 11.5 Å². The van der Waals surface area contributed by atoms with Gasteiger partial charge in [-0.3, -0.25) is 9.59 Å². The molecule has 0 bridgehead atoms. The van der Waals surface area contributed by atoms with Gasteiger partial charge in [0.25, 0.3) is 0 Å². The first-order valence-corrected chi connectivity index (χ1v) is 10.8. The van der Waals surface area contributed by atoms with E-state index < -0.39 is 0 Å². The van der Waals surface area contributed by atoms with Crippen molar-refractivity contribution in [3.05, 3.63) is 47.3 Å². The van der Waals surface area contributed by atoms with Crippen molar-refractivity contribution in [1.82, 2.24) is 4.57 Å². The molecule has 2 aromatic rings. The highest BCUT2D eigenvalue weighted by molar-refractivity contribution is 5.99. The molecular weight excluding hydrogens is 382 g/mol. The highest BCUT2D eigenvalue weighted by Gasteiger charge is 2.26. The molecule has 1 aliphatic heterocycles. The fourth-order valence-electron chi connectivity index (χ4n) is 4.39. The minimum absolute atomic E-state index is 0.0506. The molecule has 6 nitrogen and oxygen atoms in total. The lowest BCUT2D eigenvalue weighted by molar-refractivity contribution is -0.148. The Hall–Kier alpha value is -2.76. The average molecular weight is 411 g/mol. The monoisotopic (exact) mass is 411 g/mol. The van der Waals surface area contributed by atoms with Gasteiger partial charge in [-0.05, 0) is 44.9 Å². The van der Waals surface area contributed by atoms with Gasteiger partial charge in [0.1, 0.15) is 6.61 Å². The molecule has 0 N–H and O–H groups in total. The van der Waals surface area contributed by atoms with Crippen LogP contribution in [0.15, 0.2) is 30.3 Å². The minimum atomic E-state index is -0.233. The van der Waals surface area contributed by atoms with E-state index >= 15 is 0 Å². The number of esters is 1. The Morgan fingerprint density at radius 2 is 1.83 bits per heavy atom. The maximum atomic E-state index is 12.7. The van der Waals surface area contributed by atoms with Gasteiger partial charge in [0.2, 0.25) is 5.78 Å². The van der Waals surface area contributed by atoms with E-state index in [1.807, 2.05) is 44.2 Å². The number of hydrogen-bond acceptors (Lipinski definition) is 5. The zero-order valence-electron chi connectivity index (χ0n) is 17.7. The summed E-state index contributed by atoms with van der Waals surface area (Å²) in [4.78, 5) is 25.0. The summed E-state index contributed by atoms with van der Waals surface area (Å²) in [6.45, 7) is 4.73. The lowest BCUT2D eigenvalue weighted by Crippen LogP contribution is -2.33. The van der Waals surface area contributed by atoms with Crippen molar-refractivity contribution < 1.29 is 23.8 Å². The summed E-state index contributed by atoms with van der Waals surface area (Å²) in [6, 6.07) is 9.49. The van der Waals surface area contributed by atoms with Crippen LogP contribution in [0.3, 0.4) is 0 Å². The molecule has 2 heterocycles. The summed E-state index contributed by atoms with van der Waals surface area (Å²) < 4.78 is 19.3. The number of fused-ring (bicyclic) bond motifs is 1. The molecule has 1 aromatic heterocycles. The van der Waals surface area contributed by atoms with E-state index in [9.17, 15) is 9.59 Å². The minimum Gasteiger partial charge on any atom is -0.486 e. The molecule has 0 saturated heterocycles. The van der Waals surface area contributed by atoms with Crippen molar-refractivity contribution in [3.8, 4) is 11.5 Å².